The third-order valence-electron chi connectivity index (χ3n) is 4.60. The average Bonchev–Trinajstić information content (AvgIpc) is 3.47. The molecule has 0 atom stereocenters. The zero-order valence-corrected chi connectivity index (χ0v) is 21.4. The Bertz CT molecular complexity index is 1350. The topological polar surface area (TPSA) is 287 Å². The molecule has 0 fully saturated rings. The minimum absolute atomic E-state index is 0.325. The number of fused-ring (bicyclic) bond motifs is 1. The number of aldehydes is 1. The molecule has 20 heteroatoms. The average molecular weight is 615 g/mol. The molecule has 4 rings (SSSR count). The summed E-state index contributed by atoms with van der Waals surface area (Å²) < 4.78 is 14.1. The van der Waals surface area contributed by atoms with Crippen LogP contribution in [0, 0.1) is 6.92 Å². The monoisotopic (exact) mass is 614 g/mol. The van der Waals surface area contributed by atoms with Gasteiger partial charge in [0, 0.05) is 27.3 Å². The molecule has 0 saturated heterocycles. The van der Waals surface area contributed by atoms with Gasteiger partial charge < -0.3 is 54.8 Å². The molecular formula is C19H19ClN2O15S2. The lowest BCUT2D eigenvalue weighted by atomic mass is 9.97. The van der Waals surface area contributed by atoms with E-state index in [4.69, 9.17) is 52.5 Å². The number of carbonyl (C=O) groups excluding carboxylic acids is 1. The number of thiophene rings is 1. The fraction of sp³-hybridized carbons (Fsp3) is 0.263. The number of carbonyl (C=O) groups is 1. The van der Waals surface area contributed by atoms with Gasteiger partial charge in [-0.1, -0.05) is 16.8 Å². The Morgan fingerprint density at radius 3 is 2.03 bits per heavy atom. The predicted molar refractivity (Wildman–Crippen MR) is 124 cm³/mol. The third-order valence-corrected chi connectivity index (χ3v) is 6.89. The van der Waals surface area contributed by atoms with E-state index in [0.717, 1.165) is 21.7 Å². The quantitative estimate of drug-likeness (QED) is 0.0603. The van der Waals surface area contributed by atoms with E-state index < -0.39 is 57.2 Å². The van der Waals surface area contributed by atoms with Gasteiger partial charge >= 0.3 is 18.1 Å². The van der Waals surface area contributed by atoms with Crippen molar-refractivity contribution in [3.63, 3.8) is 0 Å². The number of halogens is 1. The Kier molecular flexibility index (Phi) is 8.53. The molecule has 0 bridgehead atoms. The van der Waals surface area contributed by atoms with Crippen LogP contribution in [0.2, 0.25) is 5.02 Å². The largest absolute Gasteiger partial charge is 0.505 e. The van der Waals surface area contributed by atoms with E-state index in [0.29, 0.717) is 16.6 Å². The molecule has 0 saturated carbocycles. The van der Waals surface area contributed by atoms with E-state index in [-0.39, 0.29) is 12.2 Å². The van der Waals surface area contributed by atoms with Crippen LogP contribution < -0.4 is 13.9 Å². The first kappa shape index (κ1) is 30.9. The van der Waals surface area contributed by atoms with E-state index in [1.54, 1.807) is 6.07 Å². The molecule has 2 aromatic heterocycles. The van der Waals surface area contributed by atoms with E-state index >= 15 is 0 Å². The predicted octanol–water partition coefficient (Wildman–Crippen LogP) is -1.83. The molecule has 0 aliphatic carbocycles. The van der Waals surface area contributed by atoms with Crippen molar-refractivity contribution in [2.75, 3.05) is 4.47 Å². The summed E-state index contributed by atoms with van der Waals surface area (Å²) in [5.74, 6) is -11.2. The van der Waals surface area contributed by atoms with E-state index in [2.05, 4.69) is 19.2 Å². The number of rotatable bonds is 7. The SMILES string of the molecule is Cc1sccc1SN(O)c1onc(C(O)(O)O)c1Cl.O=CC(O)(O)c1cc2c(cc1C(O)(O)O)OC(O)(O)O2. The van der Waals surface area contributed by atoms with Crippen molar-refractivity contribution in [3.8, 4) is 11.5 Å². The molecule has 0 spiro atoms. The summed E-state index contributed by atoms with van der Waals surface area (Å²) in [4.78, 5) is 12.4. The summed E-state index contributed by atoms with van der Waals surface area (Å²) in [5.41, 5.74) is -2.50. The highest BCUT2D eigenvalue weighted by molar-refractivity contribution is 8.00. The molecule has 1 aliphatic rings. The van der Waals surface area contributed by atoms with Crippen LogP contribution in [0.15, 0.2) is 33.0 Å². The number of nitrogens with zero attached hydrogens (tertiary/aromatic N) is 2. The second-order valence-electron chi connectivity index (χ2n) is 7.57. The zero-order valence-electron chi connectivity index (χ0n) is 19.0. The highest BCUT2D eigenvalue weighted by atomic mass is 35.5. The van der Waals surface area contributed by atoms with Gasteiger partial charge in [-0.15, -0.1) is 11.3 Å². The number of benzene rings is 1. The molecule has 17 nitrogen and oxygen atoms in total. The summed E-state index contributed by atoms with van der Waals surface area (Å²) in [6, 6.07) is 3.07. The summed E-state index contributed by atoms with van der Waals surface area (Å²) in [5, 5.41) is 106. The van der Waals surface area contributed by atoms with Gasteiger partial charge in [0.2, 0.25) is 5.79 Å². The van der Waals surface area contributed by atoms with Crippen LogP contribution in [-0.2, 0) is 22.5 Å². The van der Waals surface area contributed by atoms with Crippen molar-refractivity contribution in [1.29, 1.82) is 0 Å². The highest BCUT2D eigenvalue weighted by Crippen LogP contribution is 2.43. The van der Waals surface area contributed by atoms with Gasteiger partial charge in [0.05, 0.1) is 5.56 Å². The maximum Gasteiger partial charge on any atom is 0.505 e. The molecule has 11 N–H and O–H groups in total. The summed E-state index contributed by atoms with van der Waals surface area (Å²) in [6.07, 6.45) is -3.42. The number of aliphatic hydroxyl groups is 10. The lowest BCUT2D eigenvalue weighted by molar-refractivity contribution is -0.385. The van der Waals surface area contributed by atoms with Crippen molar-refractivity contribution >= 4 is 47.1 Å². The number of aromatic nitrogens is 1. The van der Waals surface area contributed by atoms with Crippen LogP contribution in [-0.4, -0.2) is 73.9 Å². The molecule has 0 amide bonds. The summed E-state index contributed by atoms with van der Waals surface area (Å²) in [6.45, 7) is 1.87. The number of anilines is 1. The minimum atomic E-state index is -3.55. The van der Waals surface area contributed by atoms with Crippen LogP contribution in [0.5, 0.6) is 11.5 Å². The lowest BCUT2D eigenvalue weighted by Crippen LogP contribution is -2.37. The van der Waals surface area contributed by atoms with Crippen molar-refractivity contribution < 1.29 is 75.1 Å². The van der Waals surface area contributed by atoms with Crippen molar-refractivity contribution in [3.05, 3.63) is 50.3 Å². The molecular weight excluding hydrogens is 596 g/mol. The zero-order chi connectivity index (χ0) is 29.6. The maximum atomic E-state index is 10.6. The highest BCUT2D eigenvalue weighted by Gasteiger charge is 2.44. The molecule has 1 aromatic carbocycles. The smallest absolute Gasteiger partial charge is 0.403 e. The van der Waals surface area contributed by atoms with Crippen LogP contribution in [0.4, 0.5) is 5.88 Å². The molecule has 3 heterocycles. The van der Waals surface area contributed by atoms with Crippen LogP contribution in [0.3, 0.4) is 0 Å². The summed E-state index contributed by atoms with van der Waals surface area (Å²) >= 11 is 8.14. The molecule has 3 aromatic rings. The minimum Gasteiger partial charge on any atom is -0.403 e. The second-order valence-corrected chi connectivity index (χ2v) is 10.0. The first-order valence-electron chi connectivity index (χ1n) is 9.90. The lowest BCUT2D eigenvalue weighted by Gasteiger charge is -2.23. The van der Waals surface area contributed by atoms with Crippen molar-refractivity contribution in [2.45, 2.75) is 35.7 Å². The van der Waals surface area contributed by atoms with Gasteiger partial charge in [0.1, 0.15) is 5.02 Å². The molecule has 0 unspecified atom stereocenters. The number of hydrogen-bond donors (Lipinski definition) is 11. The van der Waals surface area contributed by atoms with E-state index in [1.807, 2.05) is 12.3 Å². The van der Waals surface area contributed by atoms with Crippen LogP contribution in [0.25, 0.3) is 0 Å². The van der Waals surface area contributed by atoms with E-state index in [1.165, 1.54) is 11.3 Å². The van der Waals surface area contributed by atoms with Gasteiger partial charge in [0.25, 0.3) is 5.88 Å². The Morgan fingerprint density at radius 1 is 1.03 bits per heavy atom. The third kappa shape index (κ3) is 6.95. The number of aryl methyl sites for hydroxylation is 1. The van der Waals surface area contributed by atoms with E-state index in [9.17, 15) is 20.2 Å². The fourth-order valence-electron chi connectivity index (χ4n) is 2.87. The van der Waals surface area contributed by atoms with Gasteiger partial charge in [0.15, 0.2) is 23.5 Å². The standard InChI is InChI=1S/C10H10O10.C9H9ClN2O5S2/c11-3-8(12,13)4-1-6-7(20-10(17,18)19-6)2-5(4)9(14,15)16;1-4-5(2-3-18-4)19-12(16)8-6(10)7(11-17-8)9(13,14)15/h1-3,12-18H;2-3,13-16H,1H3. The normalized spacial score (nSPS) is 14.6. The van der Waals surface area contributed by atoms with Gasteiger partial charge in [-0.3, -0.25) is 20.2 Å². The molecule has 1 aliphatic heterocycles. The number of hydrogen-bond acceptors (Lipinski definition) is 19. The molecule has 39 heavy (non-hydrogen) atoms. The first-order chi connectivity index (χ1) is 17.8. The van der Waals surface area contributed by atoms with Crippen molar-refractivity contribution in [1.82, 2.24) is 5.16 Å². The second kappa shape index (κ2) is 10.8. The molecule has 0 radical (unpaired) electrons. The first-order valence-corrected chi connectivity index (χ1v) is 11.9. The van der Waals surface area contributed by atoms with Crippen LogP contribution in [0.1, 0.15) is 21.7 Å². The van der Waals surface area contributed by atoms with Gasteiger partial charge in [-0.05, 0) is 30.5 Å². The van der Waals surface area contributed by atoms with Crippen molar-refractivity contribution in [2.24, 2.45) is 0 Å². The van der Waals surface area contributed by atoms with Gasteiger partial charge in [-0.25, -0.2) is 0 Å². The summed E-state index contributed by atoms with van der Waals surface area (Å²) in [7, 11) is 0. The maximum absolute atomic E-state index is 10.6. The Balaban J connectivity index is 0.000000216. The van der Waals surface area contributed by atoms with Crippen LogP contribution >= 0.6 is 34.9 Å². The Morgan fingerprint density at radius 2 is 1.59 bits per heavy atom. The Hall–Kier alpha value is -2.60. The number of ether oxygens (including phenoxy) is 2. The van der Waals surface area contributed by atoms with Gasteiger partial charge in [-0.2, -0.15) is 4.47 Å². The Labute approximate surface area is 229 Å². The fourth-order valence-corrected chi connectivity index (χ4v) is 4.78. The molecule has 214 valence electrons.